The van der Waals surface area contributed by atoms with E-state index in [0.717, 1.165) is 22.3 Å². The Kier molecular flexibility index (Phi) is 5.31. The van der Waals surface area contributed by atoms with Crippen LogP contribution in [0.3, 0.4) is 0 Å². The highest BCUT2D eigenvalue weighted by Gasteiger charge is 2.14. The summed E-state index contributed by atoms with van der Waals surface area (Å²) in [7, 11) is 0. The summed E-state index contributed by atoms with van der Waals surface area (Å²) >= 11 is 0. The Morgan fingerprint density at radius 3 is 2.73 bits per heavy atom. The molecule has 0 unspecified atom stereocenters. The van der Waals surface area contributed by atoms with Gasteiger partial charge in [-0.05, 0) is 53.4 Å². The van der Waals surface area contributed by atoms with E-state index in [-0.39, 0.29) is 5.82 Å². The maximum atomic E-state index is 12.5. The summed E-state index contributed by atoms with van der Waals surface area (Å²) < 4.78 is 0. The first-order valence-electron chi connectivity index (χ1n) is 9.36. The van der Waals surface area contributed by atoms with Gasteiger partial charge < -0.3 is 5.32 Å². The Morgan fingerprint density at radius 1 is 1.13 bits per heavy atom. The van der Waals surface area contributed by atoms with E-state index in [1.807, 2.05) is 55.5 Å². The van der Waals surface area contributed by atoms with Crippen molar-refractivity contribution in [1.82, 2.24) is 20.2 Å². The molecule has 2 N–H and O–H groups in total. The molecule has 1 amide bonds. The summed E-state index contributed by atoms with van der Waals surface area (Å²) in [4.78, 5) is 21.0. The number of nitrogens with one attached hydrogen (secondary N) is 2. The van der Waals surface area contributed by atoms with E-state index in [1.54, 1.807) is 18.3 Å². The zero-order valence-corrected chi connectivity index (χ0v) is 16.3. The number of H-pyrrole nitrogens is 1. The van der Waals surface area contributed by atoms with Crippen LogP contribution in [0.4, 0.5) is 5.82 Å². The highest BCUT2D eigenvalue weighted by Crippen LogP contribution is 2.25. The summed E-state index contributed by atoms with van der Waals surface area (Å²) in [5, 5.41) is 18.6. The smallest absolute Gasteiger partial charge is 0.296 e. The van der Waals surface area contributed by atoms with Crippen molar-refractivity contribution in [1.29, 1.82) is 5.26 Å². The first-order valence-corrected chi connectivity index (χ1v) is 9.36. The number of benzene rings is 2. The number of hydrogen-bond donors (Lipinski definition) is 2. The van der Waals surface area contributed by atoms with Crippen LogP contribution in [0.25, 0.3) is 11.1 Å². The lowest BCUT2D eigenvalue weighted by Gasteiger charge is -2.08. The van der Waals surface area contributed by atoms with Crippen molar-refractivity contribution >= 4 is 11.7 Å². The van der Waals surface area contributed by atoms with Crippen molar-refractivity contribution in [2.24, 2.45) is 0 Å². The van der Waals surface area contributed by atoms with Gasteiger partial charge in [-0.25, -0.2) is 9.97 Å². The molecular weight excluding hydrogens is 376 g/mol. The lowest BCUT2D eigenvalue weighted by molar-refractivity contribution is 0.101. The average molecular weight is 394 g/mol. The minimum absolute atomic E-state index is 0.0580. The molecule has 0 spiro atoms. The molecule has 2 heterocycles. The highest BCUT2D eigenvalue weighted by molar-refractivity contribution is 6.01. The third-order valence-corrected chi connectivity index (χ3v) is 4.62. The fraction of sp³-hybridized carbons (Fsp3) is 0.0870. The fourth-order valence-corrected chi connectivity index (χ4v) is 3.16. The Balaban J connectivity index is 1.49. The van der Waals surface area contributed by atoms with Crippen LogP contribution in [0.2, 0.25) is 0 Å². The molecule has 4 rings (SSSR count). The van der Waals surface area contributed by atoms with Crippen LogP contribution in [0, 0.1) is 18.3 Å². The molecule has 4 aromatic rings. The number of aromatic nitrogens is 4. The molecule has 7 nitrogen and oxygen atoms in total. The van der Waals surface area contributed by atoms with Gasteiger partial charge in [0.2, 0.25) is 5.82 Å². The lowest BCUT2D eigenvalue weighted by Crippen LogP contribution is -2.14. The zero-order chi connectivity index (χ0) is 20.9. The number of aryl methyl sites for hydroxylation is 1. The fourth-order valence-electron chi connectivity index (χ4n) is 3.16. The van der Waals surface area contributed by atoms with Crippen molar-refractivity contribution in [2.75, 3.05) is 5.32 Å². The summed E-state index contributed by atoms with van der Waals surface area (Å²) in [6.07, 6.45) is 2.19. The highest BCUT2D eigenvalue weighted by atomic mass is 16.2. The number of pyridine rings is 1. The summed E-state index contributed by atoms with van der Waals surface area (Å²) in [6.45, 7) is 1.94. The van der Waals surface area contributed by atoms with E-state index < -0.39 is 5.91 Å². The Labute approximate surface area is 173 Å². The van der Waals surface area contributed by atoms with Crippen molar-refractivity contribution < 1.29 is 4.79 Å². The molecule has 0 saturated carbocycles. The molecule has 2 aromatic carbocycles. The second-order valence-electron chi connectivity index (χ2n) is 6.79. The van der Waals surface area contributed by atoms with Gasteiger partial charge in [-0.15, -0.1) is 5.10 Å². The van der Waals surface area contributed by atoms with E-state index in [9.17, 15) is 4.79 Å². The topological polar surface area (TPSA) is 107 Å². The molecule has 30 heavy (non-hydrogen) atoms. The Hall–Kier alpha value is -4.31. The van der Waals surface area contributed by atoms with Gasteiger partial charge in [0.15, 0.2) is 0 Å². The van der Waals surface area contributed by atoms with Gasteiger partial charge in [0, 0.05) is 12.6 Å². The maximum Gasteiger partial charge on any atom is 0.296 e. The number of rotatable bonds is 5. The van der Waals surface area contributed by atoms with Crippen molar-refractivity contribution in [3.63, 3.8) is 0 Å². The molecule has 0 aliphatic carbocycles. The van der Waals surface area contributed by atoms with E-state index in [0.29, 0.717) is 23.6 Å². The summed E-state index contributed by atoms with van der Waals surface area (Å²) in [5.41, 5.74) is 4.51. The van der Waals surface area contributed by atoms with Gasteiger partial charge in [-0.2, -0.15) is 5.26 Å². The second kappa shape index (κ2) is 8.37. The number of amides is 1. The van der Waals surface area contributed by atoms with Gasteiger partial charge in [0.05, 0.1) is 11.6 Å². The standard InChI is InChI=1S/C23H18N6O/c1-15-11-17(14-24)7-8-19(15)18-9-10-25-20(13-18)27-23(30)22-26-21(28-29-22)12-16-5-3-2-4-6-16/h2-11,13H,12H2,1H3,(H,25,27,30)(H,26,28,29). The van der Waals surface area contributed by atoms with Crippen LogP contribution in [-0.2, 0) is 6.42 Å². The van der Waals surface area contributed by atoms with Gasteiger partial charge in [-0.1, -0.05) is 36.4 Å². The number of aromatic amines is 1. The number of nitrogens with zero attached hydrogens (tertiary/aromatic N) is 4. The molecule has 0 aliphatic rings. The SMILES string of the molecule is Cc1cc(C#N)ccc1-c1ccnc(NC(=O)c2n[nH]c(Cc3ccccc3)n2)c1. The van der Waals surface area contributed by atoms with Crippen LogP contribution in [0.5, 0.6) is 0 Å². The molecule has 146 valence electrons. The quantitative estimate of drug-likeness (QED) is 0.534. The average Bonchev–Trinajstić information content (AvgIpc) is 3.23. The number of hydrogen-bond acceptors (Lipinski definition) is 5. The minimum atomic E-state index is -0.438. The Bertz CT molecular complexity index is 1240. The molecule has 7 heteroatoms. The van der Waals surface area contributed by atoms with Crippen LogP contribution in [-0.4, -0.2) is 26.1 Å². The normalized spacial score (nSPS) is 10.4. The van der Waals surface area contributed by atoms with Crippen molar-refractivity contribution in [3.05, 3.63) is 95.2 Å². The monoisotopic (exact) mass is 394 g/mol. The van der Waals surface area contributed by atoms with Crippen molar-refractivity contribution in [3.8, 4) is 17.2 Å². The second-order valence-corrected chi connectivity index (χ2v) is 6.79. The van der Waals surface area contributed by atoms with E-state index in [4.69, 9.17) is 5.26 Å². The molecule has 0 saturated heterocycles. The predicted molar refractivity (Wildman–Crippen MR) is 113 cm³/mol. The molecule has 0 atom stereocenters. The third-order valence-electron chi connectivity index (χ3n) is 4.62. The number of carbonyl (C=O) groups is 1. The first-order chi connectivity index (χ1) is 14.6. The van der Waals surface area contributed by atoms with Crippen LogP contribution in [0.15, 0.2) is 66.9 Å². The number of nitriles is 1. The van der Waals surface area contributed by atoms with E-state index in [1.165, 1.54) is 0 Å². The van der Waals surface area contributed by atoms with Crippen LogP contribution in [0.1, 0.15) is 33.1 Å². The maximum absolute atomic E-state index is 12.5. The lowest BCUT2D eigenvalue weighted by atomic mass is 9.99. The third kappa shape index (κ3) is 4.23. The molecule has 0 radical (unpaired) electrons. The van der Waals surface area contributed by atoms with Crippen LogP contribution < -0.4 is 5.32 Å². The minimum Gasteiger partial charge on any atom is -0.304 e. The molecule has 0 fully saturated rings. The molecule has 0 bridgehead atoms. The summed E-state index contributed by atoms with van der Waals surface area (Å²) in [6, 6.07) is 21.1. The predicted octanol–water partition coefficient (Wildman–Crippen LogP) is 3.89. The van der Waals surface area contributed by atoms with Gasteiger partial charge in [0.25, 0.3) is 5.91 Å². The van der Waals surface area contributed by atoms with Crippen LogP contribution >= 0.6 is 0 Å². The number of anilines is 1. The van der Waals surface area contributed by atoms with E-state index >= 15 is 0 Å². The van der Waals surface area contributed by atoms with Gasteiger partial charge in [-0.3, -0.25) is 9.89 Å². The molecular formula is C23H18N6O. The summed E-state index contributed by atoms with van der Waals surface area (Å²) in [5.74, 6) is 0.631. The number of carbonyl (C=O) groups excluding carboxylic acids is 1. The zero-order valence-electron chi connectivity index (χ0n) is 16.3. The van der Waals surface area contributed by atoms with Gasteiger partial charge >= 0.3 is 0 Å². The van der Waals surface area contributed by atoms with Gasteiger partial charge in [0.1, 0.15) is 11.6 Å². The van der Waals surface area contributed by atoms with Crippen molar-refractivity contribution in [2.45, 2.75) is 13.3 Å². The Morgan fingerprint density at radius 2 is 1.97 bits per heavy atom. The first kappa shape index (κ1) is 19.0. The van der Waals surface area contributed by atoms with E-state index in [2.05, 4.69) is 31.6 Å². The molecule has 0 aliphatic heterocycles. The molecule has 2 aromatic heterocycles. The largest absolute Gasteiger partial charge is 0.304 e.